The van der Waals surface area contributed by atoms with E-state index in [1.165, 1.54) is 0 Å². The third-order valence-corrected chi connectivity index (χ3v) is 2.80. The Labute approximate surface area is 87.5 Å². The normalized spacial score (nSPS) is 11.1. The largest absolute Gasteiger partial charge is 0.508 e. The quantitative estimate of drug-likeness (QED) is 0.568. The van der Waals surface area contributed by atoms with Gasteiger partial charge in [0.15, 0.2) is 0 Å². The van der Waals surface area contributed by atoms with E-state index in [9.17, 15) is 5.11 Å². The van der Waals surface area contributed by atoms with Crippen LogP contribution in [0.15, 0.2) is 12.1 Å². The van der Waals surface area contributed by atoms with Crippen LogP contribution < -0.4 is 5.48 Å². The second-order valence-corrected chi connectivity index (χ2v) is 3.70. The third kappa shape index (κ3) is 1.48. The minimum absolute atomic E-state index is 0.200. The third-order valence-electron chi connectivity index (χ3n) is 2.80. The van der Waals surface area contributed by atoms with E-state index in [-0.39, 0.29) is 12.3 Å². The predicted octanol–water partition coefficient (Wildman–Crippen LogP) is 1.97. The zero-order valence-electron chi connectivity index (χ0n) is 8.76. The van der Waals surface area contributed by atoms with E-state index in [4.69, 9.17) is 5.21 Å². The van der Waals surface area contributed by atoms with Crippen LogP contribution in [0.4, 0.5) is 0 Å². The van der Waals surface area contributed by atoms with Crippen LogP contribution in [0.3, 0.4) is 0 Å². The molecule has 0 amide bonds. The van der Waals surface area contributed by atoms with Crippen LogP contribution >= 0.6 is 0 Å². The lowest BCUT2D eigenvalue weighted by Crippen LogP contribution is -2.06. The number of phenols is 1. The standard InChI is InChI=1S/C11H14N2O2/c1-6-7(2)13-9-3-4-10(14)8(5-12-15)11(6)9/h3-4,12-15H,5H2,1-2H3. The van der Waals surface area contributed by atoms with E-state index >= 15 is 0 Å². The summed E-state index contributed by atoms with van der Waals surface area (Å²) in [5, 5.41) is 19.4. The highest BCUT2D eigenvalue weighted by atomic mass is 16.5. The van der Waals surface area contributed by atoms with Gasteiger partial charge in [-0.3, -0.25) is 0 Å². The lowest BCUT2D eigenvalue weighted by molar-refractivity contribution is 0.160. The summed E-state index contributed by atoms with van der Waals surface area (Å²) in [7, 11) is 0. The fourth-order valence-electron chi connectivity index (χ4n) is 1.91. The van der Waals surface area contributed by atoms with E-state index in [1.54, 1.807) is 6.07 Å². The molecule has 0 aliphatic carbocycles. The number of hydroxylamine groups is 1. The number of aryl methyl sites for hydroxylation is 2. The molecule has 0 saturated heterocycles. The van der Waals surface area contributed by atoms with Gasteiger partial charge in [0.1, 0.15) is 5.75 Å². The molecule has 2 aromatic rings. The van der Waals surface area contributed by atoms with Crippen molar-refractivity contribution in [3.05, 3.63) is 29.0 Å². The first-order valence-electron chi connectivity index (χ1n) is 4.82. The van der Waals surface area contributed by atoms with Crippen LogP contribution in [0.5, 0.6) is 5.75 Å². The minimum Gasteiger partial charge on any atom is -0.508 e. The van der Waals surface area contributed by atoms with Gasteiger partial charge in [-0.1, -0.05) is 0 Å². The molecule has 0 aliphatic rings. The maximum Gasteiger partial charge on any atom is 0.120 e. The molecule has 0 unspecified atom stereocenters. The molecule has 15 heavy (non-hydrogen) atoms. The second kappa shape index (κ2) is 3.56. The summed E-state index contributed by atoms with van der Waals surface area (Å²) in [5.74, 6) is 0.200. The summed E-state index contributed by atoms with van der Waals surface area (Å²) in [6.07, 6.45) is 0. The van der Waals surface area contributed by atoms with Crippen molar-refractivity contribution in [2.45, 2.75) is 20.4 Å². The molecule has 0 atom stereocenters. The van der Waals surface area contributed by atoms with Gasteiger partial charge >= 0.3 is 0 Å². The molecular weight excluding hydrogens is 192 g/mol. The number of hydrogen-bond acceptors (Lipinski definition) is 3. The molecule has 2 rings (SSSR count). The highest BCUT2D eigenvalue weighted by Crippen LogP contribution is 2.30. The zero-order valence-corrected chi connectivity index (χ0v) is 8.76. The van der Waals surface area contributed by atoms with Crippen molar-refractivity contribution >= 4 is 10.9 Å². The highest BCUT2D eigenvalue weighted by Gasteiger charge is 2.12. The number of aromatic hydroxyl groups is 1. The molecule has 4 nitrogen and oxygen atoms in total. The molecule has 0 spiro atoms. The summed E-state index contributed by atoms with van der Waals surface area (Å²) >= 11 is 0. The van der Waals surface area contributed by atoms with Crippen molar-refractivity contribution in [1.82, 2.24) is 10.5 Å². The fraction of sp³-hybridized carbons (Fsp3) is 0.273. The van der Waals surface area contributed by atoms with E-state index in [1.807, 2.05) is 19.9 Å². The van der Waals surface area contributed by atoms with Gasteiger partial charge in [0.25, 0.3) is 0 Å². The van der Waals surface area contributed by atoms with Crippen molar-refractivity contribution in [2.24, 2.45) is 0 Å². The number of benzene rings is 1. The van der Waals surface area contributed by atoms with Crippen LogP contribution in [0.2, 0.25) is 0 Å². The molecule has 0 fully saturated rings. The molecule has 1 heterocycles. The van der Waals surface area contributed by atoms with Gasteiger partial charge in [-0.15, -0.1) is 0 Å². The summed E-state index contributed by atoms with van der Waals surface area (Å²) in [6.45, 7) is 4.22. The first kappa shape index (κ1) is 10.0. The molecule has 0 aliphatic heterocycles. The topological polar surface area (TPSA) is 68.3 Å². The van der Waals surface area contributed by atoms with E-state index in [0.29, 0.717) is 0 Å². The highest BCUT2D eigenvalue weighted by molar-refractivity contribution is 5.89. The Bertz CT molecular complexity index is 503. The molecule has 4 N–H and O–H groups in total. The Kier molecular flexibility index (Phi) is 2.38. The first-order valence-corrected chi connectivity index (χ1v) is 4.82. The van der Waals surface area contributed by atoms with Crippen LogP contribution in [-0.2, 0) is 6.54 Å². The van der Waals surface area contributed by atoms with Crippen molar-refractivity contribution in [3.8, 4) is 5.75 Å². The second-order valence-electron chi connectivity index (χ2n) is 3.70. The summed E-state index contributed by atoms with van der Waals surface area (Å²) in [5.41, 5.74) is 5.96. The van der Waals surface area contributed by atoms with E-state index in [2.05, 4.69) is 10.5 Å². The summed E-state index contributed by atoms with van der Waals surface area (Å²) in [6, 6.07) is 3.47. The van der Waals surface area contributed by atoms with Crippen LogP contribution in [-0.4, -0.2) is 15.3 Å². The van der Waals surface area contributed by atoms with Crippen LogP contribution in [0, 0.1) is 13.8 Å². The van der Waals surface area contributed by atoms with Crippen LogP contribution in [0.1, 0.15) is 16.8 Å². The van der Waals surface area contributed by atoms with Crippen molar-refractivity contribution in [1.29, 1.82) is 0 Å². The van der Waals surface area contributed by atoms with Gasteiger partial charge in [-0.05, 0) is 31.5 Å². The lowest BCUT2D eigenvalue weighted by atomic mass is 10.0. The van der Waals surface area contributed by atoms with Gasteiger partial charge in [0, 0.05) is 22.2 Å². The maximum absolute atomic E-state index is 9.71. The SMILES string of the molecule is Cc1[nH]c2ccc(O)c(CNO)c2c1C. The molecule has 0 saturated carbocycles. The zero-order chi connectivity index (χ0) is 11.0. The van der Waals surface area contributed by atoms with Crippen molar-refractivity contribution in [3.63, 3.8) is 0 Å². The fourth-order valence-corrected chi connectivity index (χ4v) is 1.91. The Morgan fingerprint density at radius 1 is 1.33 bits per heavy atom. The molecule has 1 aromatic carbocycles. The molecule has 4 heteroatoms. The average molecular weight is 206 g/mol. The number of hydrogen-bond donors (Lipinski definition) is 4. The lowest BCUT2D eigenvalue weighted by Gasteiger charge is -2.05. The van der Waals surface area contributed by atoms with E-state index < -0.39 is 0 Å². The first-order chi connectivity index (χ1) is 7.15. The van der Waals surface area contributed by atoms with Gasteiger partial charge in [0.2, 0.25) is 0 Å². The minimum atomic E-state index is 0.200. The Morgan fingerprint density at radius 2 is 2.07 bits per heavy atom. The van der Waals surface area contributed by atoms with Crippen molar-refractivity contribution in [2.75, 3.05) is 0 Å². The number of nitrogens with one attached hydrogen (secondary N) is 2. The Hall–Kier alpha value is -1.52. The number of fused-ring (bicyclic) bond motifs is 1. The summed E-state index contributed by atoms with van der Waals surface area (Å²) in [4.78, 5) is 3.23. The number of rotatable bonds is 2. The number of aromatic amines is 1. The van der Waals surface area contributed by atoms with Gasteiger partial charge in [-0.25, -0.2) is 5.48 Å². The average Bonchev–Trinajstić information content (AvgIpc) is 2.49. The van der Waals surface area contributed by atoms with E-state index in [0.717, 1.165) is 27.7 Å². The Balaban J connectivity index is 2.78. The van der Waals surface area contributed by atoms with Crippen LogP contribution in [0.25, 0.3) is 10.9 Å². The predicted molar refractivity (Wildman–Crippen MR) is 58.1 cm³/mol. The van der Waals surface area contributed by atoms with Gasteiger partial charge in [0.05, 0.1) is 6.54 Å². The van der Waals surface area contributed by atoms with Gasteiger partial charge < -0.3 is 15.3 Å². The molecular formula is C11H14N2O2. The van der Waals surface area contributed by atoms with Gasteiger partial charge in [-0.2, -0.15) is 0 Å². The number of aromatic nitrogens is 1. The monoisotopic (exact) mass is 206 g/mol. The number of phenolic OH excluding ortho intramolecular Hbond substituents is 1. The Morgan fingerprint density at radius 3 is 2.73 bits per heavy atom. The van der Waals surface area contributed by atoms with Crippen molar-refractivity contribution < 1.29 is 10.3 Å². The smallest absolute Gasteiger partial charge is 0.120 e. The molecule has 0 radical (unpaired) electrons. The molecule has 1 aromatic heterocycles. The molecule has 80 valence electrons. The number of H-pyrrole nitrogens is 1. The maximum atomic E-state index is 9.71. The molecule has 0 bridgehead atoms. The summed E-state index contributed by atoms with van der Waals surface area (Å²) < 4.78 is 0.